The Morgan fingerprint density at radius 2 is 2.00 bits per heavy atom. The predicted octanol–water partition coefficient (Wildman–Crippen LogP) is 3.35. The van der Waals surface area contributed by atoms with Gasteiger partial charge in [-0.3, -0.25) is 4.79 Å². The van der Waals surface area contributed by atoms with Gasteiger partial charge in [0.2, 0.25) is 5.91 Å². The number of ether oxygens (including phenoxy) is 1. The van der Waals surface area contributed by atoms with Crippen LogP contribution >= 0.6 is 0 Å². The molecule has 28 heavy (non-hydrogen) atoms. The maximum Gasteiger partial charge on any atom is 0.309 e. The lowest BCUT2D eigenvalue weighted by molar-refractivity contribution is -0.139. The standard InChI is InChI=1S/C20H25NO6S/c1-3-28(23,24)27-19-12-15(9-10-18(19)25-2)13-21(14-17-8-5-11-26-17)20(22)16-6-4-7-16/h5,8-12,16H,3-4,6-7,13-14H2,1-2H3. The molecule has 8 heteroatoms. The summed E-state index contributed by atoms with van der Waals surface area (Å²) in [4.78, 5) is 14.6. The molecule has 7 nitrogen and oxygen atoms in total. The molecular formula is C20H25NO6S. The number of hydrogen-bond donors (Lipinski definition) is 0. The van der Waals surface area contributed by atoms with E-state index in [1.807, 2.05) is 6.07 Å². The van der Waals surface area contributed by atoms with Crippen molar-refractivity contribution >= 4 is 16.0 Å². The van der Waals surface area contributed by atoms with Gasteiger partial charge in [0.1, 0.15) is 5.76 Å². The second-order valence-corrected chi connectivity index (χ2v) is 8.68. The fourth-order valence-corrected chi connectivity index (χ4v) is 3.54. The van der Waals surface area contributed by atoms with Gasteiger partial charge in [0.05, 0.1) is 25.7 Å². The molecule has 3 rings (SSSR count). The van der Waals surface area contributed by atoms with Gasteiger partial charge in [-0.25, -0.2) is 0 Å². The van der Waals surface area contributed by atoms with E-state index < -0.39 is 10.1 Å². The zero-order valence-electron chi connectivity index (χ0n) is 16.1. The van der Waals surface area contributed by atoms with Crippen LogP contribution in [-0.4, -0.2) is 32.1 Å². The molecule has 0 spiro atoms. The highest BCUT2D eigenvalue weighted by molar-refractivity contribution is 7.87. The number of hydrogen-bond acceptors (Lipinski definition) is 6. The van der Waals surface area contributed by atoms with E-state index >= 15 is 0 Å². The molecule has 2 aromatic rings. The first kappa shape index (κ1) is 20.3. The van der Waals surface area contributed by atoms with Crippen LogP contribution in [0.5, 0.6) is 11.5 Å². The summed E-state index contributed by atoms with van der Waals surface area (Å²) >= 11 is 0. The summed E-state index contributed by atoms with van der Waals surface area (Å²) in [5, 5.41) is 0. The number of amides is 1. The van der Waals surface area contributed by atoms with Crippen LogP contribution in [0.15, 0.2) is 41.0 Å². The van der Waals surface area contributed by atoms with Crippen molar-refractivity contribution < 1.29 is 26.5 Å². The van der Waals surface area contributed by atoms with E-state index in [0.29, 0.717) is 24.6 Å². The molecule has 0 aliphatic heterocycles. The Hall–Kier alpha value is -2.48. The minimum Gasteiger partial charge on any atom is -0.493 e. The Morgan fingerprint density at radius 1 is 1.21 bits per heavy atom. The largest absolute Gasteiger partial charge is 0.493 e. The van der Waals surface area contributed by atoms with Gasteiger partial charge >= 0.3 is 10.1 Å². The monoisotopic (exact) mass is 407 g/mol. The number of benzene rings is 1. The molecular weight excluding hydrogens is 382 g/mol. The lowest BCUT2D eigenvalue weighted by atomic mass is 9.84. The summed E-state index contributed by atoms with van der Waals surface area (Å²) in [5.74, 6) is 1.13. The van der Waals surface area contributed by atoms with Crippen LogP contribution in [0.1, 0.15) is 37.5 Å². The lowest BCUT2D eigenvalue weighted by Gasteiger charge is -2.31. The first-order valence-corrected chi connectivity index (χ1v) is 10.9. The van der Waals surface area contributed by atoms with E-state index in [2.05, 4.69) is 0 Å². The first-order valence-electron chi connectivity index (χ1n) is 9.32. The third-order valence-corrected chi connectivity index (χ3v) is 6.01. The zero-order valence-corrected chi connectivity index (χ0v) is 16.9. The quantitative estimate of drug-likeness (QED) is 0.593. The molecule has 0 unspecified atom stereocenters. The Labute approximate surface area is 165 Å². The topological polar surface area (TPSA) is 86.1 Å². The van der Waals surface area contributed by atoms with Crippen molar-refractivity contribution in [1.82, 2.24) is 4.90 Å². The van der Waals surface area contributed by atoms with Crippen molar-refractivity contribution in [2.45, 2.75) is 39.3 Å². The number of carbonyl (C=O) groups excluding carboxylic acids is 1. The predicted molar refractivity (Wildman–Crippen MR) is 103 cm³/mol. The normalized spacial score (nSPS) is 14.4. The molecule has 0 radical (unpaired) electrons. The van der Waals surface area contributed by atoms with Gasteiger partial charge in [-0.1, -0.05) is 12.5 Å². The molecule has 1 aromatic heterocycles. The Bertz CT molecular complexity index is 903. The summed E-state index contributed by atoms with van der Waals surface area (Å²) in [6.45, 7) is 2.19. The van der Waals surface area contributed by atoms with Crippen LogP contribution < -0.4 is 8.92 Å². The van der Waals surface area contributed by atoms with Gasteiger partial charge in [0, 0.05) is 12.5 Å². The smallest absolute Gasteiger partial charge is 0.309 e. The summed E-state index contributed by atoms with van der Waals surface area (Å²) in [5.41, 5.74) is 0.751. The van der Waals surface area contributed by atoms with Gasteiger partial charge in [-0.2, -0.15) is 8.42 Å². The zero-order chi connectivity index (χ0) is 20.1. The molecule has 0 saturated heterocycles. The summed E-state index contributed by atoms with van der Waals surface area (Å²) < 4.78 is 39.5. The van der Waals surface area contributed by atoms with Gasteiger partial charge in [-0.05, 0) is 49.6 Å². The van der Waals surface area contributed by atoms with Crippen LogP contribution in [0.3, 0.4) is 0 Å². The minimum absolute atomic E-state index is 0.0457. The van der Waals surface area contributed by atoms with Crippen molar-refractivity contribution in [2.75, 3.05) is 12.9 Å². The number of furan rings is 1. The molecule has 1 aromatic carbocycles. The fourth-order valence-electron chi connectivity index (χ4n) is 3.02. The Balaban J connectivity index is 1.83. The molecule has 0 atom stereocenters. The summed E-state index contributed by atoms with van der Waals surface area (Å²) in [7, 11) is -2.24. The van der Waals surface area contributed by atoms with Crippen molar-refractivity contribution in [3.63, 3.8) is 0 Å². The molecule has 1 heterocycles. The number of rotatable bonds is 9. The number of nitrogens with zero attached hydrogens (tertiary/aromatic N) is 1. The number of carbonyl (C=O) groups is 1. The van der Waals surface area contributed by atoms with Crippen LogP contribution in [0.4, 0.5) is 0 Å². The second-order valence-electron chi connectivity index (χ2n) is 6.82. The van der Waals surface area contributed by atoms with Crippen molar-refractivity contribution in [2.24, 2.45) is 5.92 Å². The molecule has 1 aliphatic rings. The van der Waals surface area contributed by atoms with Crippen LogP contribution in [0.2, 0.25) is 0 Å². The van der Waals surface area contributed by atoms with Crippen molar-refractivity contribution in [1.29, 1.82) is 0 Å². The summed E-state index contributed by atoms with van der Waals surface area (Å²) in [6.07, 6.45) is 4.45. The highest BCUT2D eigenvalue weighted by Crippen LogP contribution is 2.32. The third-order valence-electron chi connectivity index (χ3n) is 4.86. The lowest BCUT2D eigenvalue weighted by Crippen LogP contribution is -2.38. The third kappa shape index (κ3) is 4.86. The average molecular weight is 407 g/mol. The molecule has 0 bridgehead atoms. The Morgan fingerprint density at radius 3 is 2.57 bits per heavy atom. The summed E-state index contributed by atoms with van der Waals surface area (Å²) in [6, 6.07) is 8.67. The second kappa shape index (κ2) is 8.68. The highest BCUT2D eigenvalue weighted by Gasteiger charge is 2.30. The maximum absolute atomic E-state index is 12.9. The molecule has 1 amide bonds. The molecule has 0 N–H and O–H groups in total. The Kier molecular flexibility index (Phi) is 6.28. The first-order chi connectivity index (χ1) is 13.4. The van der Waals surface area contributed by atoms with E-state index in [0.717, 1.165) is 24.8 Å². The van der Waals surface area contributed by atoms with Gasteiger partial charge in [0.15, 0.2) is 11.5 Å². The van der Waals surface area contributed by atoms with E-state index in [9.17, 15) is 13.2 Å². The van der Waals surface area contributed by atoms with E-state index in [1.54, 1.807) is 35.4 Å². The fraction of sp³-hybridized carbons (Fsp3) is 0.450. The van der Waals surface area contributed by atoms with Crippen molar-refractivity contribution in [3.8, 4) is 11.5 Å². The van der Waals surface area contributed by atoms with E-state index in [4.69, 9.17) is 13.3 Å². The van der Waals surface area contributed by atoms with Gasteiger partial charge in [-0.15, -0.1) is 0 Å². The van der Waals surface area contributed by atoms with Crippen LogP contribution in [0, 0.1) is 5.92 Å². The van der Waals surface area contributed by atoms with Crippen LogP contribution in [0.25, 0.3) is 0 Å². The molecule has 1 aliphatic carbocycles. The number of methoxy groups -OCH3 is 1. The molecule has 152 valence electrons. The van der Waals surface area contributed by atoms with E-state index in [-0.39, 0.29) is 23.3 Å². The van der Waals surface area contributed by atoms with Crippen molar-refractivity contribution in [3.05, 3.63) is 47.9 Å². The average Bonchev–Trinajstić information content (AvgIpc) is 3.13. The van der Waals surface area contributed by atoms with E-state index in [1.165, 1.54) is 14.0 Å². The SMILES string of the molecule is CCS(=O)(=O)Oc1cc(CN(Cc2ccco2)C(=O)C2CCC2)ccc1OC. The molecule has 1 saturated carbocycles. The van der Waals surface area contributed by atoms with Crippen LogP contribution in [-0.2, 0) is 28.0 Å². The maximum atomic E-state index is 12.9. The van der Waals surface area contributed by atoms with Gasteiger partial charge < -0.3 is 18.2 Å². The van der Waals surface area contributed by atoms with Gasteiger partial charge in [0.25, 0.3) is 0 Å². The molecule has 1 fully saturated rings. The minimum atomic E-state index is -3.69. The highest BCUT2D eigenvalue weighted by atomic mass is 32.2.